The van der Waals surface area contributed by atoms with Crippen LogP contribution in [0.15, 0.2) is 18.2 Å². The highest BCUT2D eigenvalue weighted by Gasteiger charge is 2.12. The number of nitriles is 1. The summed E-state index contributed by atoms with van der Waals surface area (Å²) in [5.74, 6) is 1.04. The van der Waals surface area contributed by atoms with Crippen molar-refractivity contribution in [1.82, 2.24) is 15.0 Å². The van der Waals surface area contributed by atoms with Crippen LogP contribution in [0, 0.1) is 11.3 Å². The van der Waals surface area contributed by atoms with E-state index in [0.717, 1.165) is 0 Å². The molecule has 0 aliphatic heterocycles. The Morgan fingerprint density at radius 3 is 2.65 bits per heavy atom. The lowest BCUT2D eigenvalue weighted by atomic mass is 10.2. The van der Waals surface area contributed by atoms with E-state index in [1.807, 2.05) is 0 Å². The maximum Gasteiger partial charge on any atom is 0.233 e. The Morgan fingerprint density at radius 1 is 1.25 bits per heavy atom. The Bertz CT molecular complexity index is 669. The van der Waals surface area contributed by atoms with Crippen molar-refractivity contribution >= 4 is 29.2 Å². The molecule has 2 aromatic rings. The molecule has 8 heteroatoms. The zero-order valence-corrected chi connectivity index (χ0v) is 11.6. The standard InChI is InChI=1S/C12H11ClN6O/c1-15-11-17-10(13)18-12(19-11)16-9-7(6-14)4-3-5-8(9)20-2/h3-5H,1-2H3,(H2,15,16,17,18,19). The number of aromatic nitrogens is 3. The van der Waals surface area contributed by atoms with Gasteiger partial charge in [-0.2, -0.15) is 20.2 Å². The Kier molecular flexibility index (Phi) is 4.17. The van der Waals surface area contributed by atoms with Crippen LogP contribution in [-0.4, -0.2) is 29.1 Å². The Labute approximate surface area is 120 Å². The molecule has 0 saturated heterocycles. The van der Waals surface area contributed by atoms with E-state index in [4.69, 9.17) is 21.6 Å². The number of methoxy groups -OCH3 is 1. The van der Waals surface area contributed by atoms with Gasteiger partial charge in [0.15, 0.2) is 0 Å². The van der Waals surface area contributed by atoms with Crippen molar-refractivity contribution in [3.05, 3.63) is 29.0 Å². The molecule has 0 atom stereocenters. The Morgan fingerprint density at radius 2 is 2.00 bits per heavy atom. The number of nitrogens with zero attached hydrogens (tertiary/aromatic N) is 4. The number of ether oxygens (including phenoxy) is 1. The van der Waals surface area contributed by atoms with Crippen LogP contribution in [-0.2, 0) is 0 Å². The molecule has 102 valence electrons. The Hall–Kier alpha value is -2.59. The van der Waals surface area contributed by atoms with Gasteiger partial charge in [0.05, 0.1) is 12.7 Å². The van der Waals surface area contributed by atoms with Crippen LogP contribution in [0.1, 0.15) is 5.56 Å². The maximum atomic E-state index is 9.13. The predicted molar refractivity (Wildman–Crippen MR) is 75.4 cm³/mol. The van der Waals surface area contributed by atoms with Gasteiger partial charge in [-0.25, -0.2) is 0 Å². The van der Waals surface area contributed by atoms with Gasteiger partial charge in [-0.3, -0.25) is 0 Å². The molecule has 1 aromatic carbocycles. The summed E-state index contributed by atoms with van der Waals surface area (Å²) in [6, 6.07) is 7.18. The van der Waals surface area contributed by atoms with Gasteiger partial charge < -0.3 is 15.4 Å². The van der Waals surface area contributed by atoms with Gasteiger partial charge in [-0.1, -0.05) is 6.07 Å². The summed E-state index contributed by atoms with van der Waals surface area (Å²) in [4.78, 5) is 11.9. The molecular weight excluding hydrogens is 280 g/mol. The number of anilines is 3. The van der Waals surface area contributed by atoms with Crippen molar-refractivity contribution in [3.8, 4) is 11.8 Å². The fourth-order valence-electron chi connectivity index (χ4n) is 1.55. The first-order valence-electron chi connectivity index (χ1n) is 5.61. The minimum atomic E-state index is 0.0419. The van der Waals surface area contributed by atoms with Gasteiger partial charge in [0.25, 0.3) is 0 Å². The topological polar surface area (TPSA) is 95.8 Å². The summed E-state index contributed by atoms with van der Waals surface area (Å²) < 4.78 is 5.21. The van der Waals surface area contributed by atoms with E-state index in [0.29, 0.717) is 22.9 Å². The minimum Gasteiger partial charge on any atom is -0.495 e. The lowest BCUT2D eigenvalue weighted by Gasteiger charge is -2.11. The smallest absolute Gasteiger partial charge is 0.233 e. The zero-order valence-electron chi connectivity index (χ0n) is 10.8. The summed E-state index contributed by atoms with van der Waals surface area (Å²) in [7, 11) is 3.18. The van der Waals surface area contributed by atoms with E-state index in [1.54, 1.807) is 25.2 Å². The van der Waals surface area contributed by atoms with E-state index in [2.05, 4.69) is 31.7 Å². The summed E-state index contributed by atoms with van der Waals surface area (Å²) in [5.41, 5.74) is 0.883. The Balaban J connectivity index is 2.44. The van der Waals surface area contributed by atoms with Crippen LogP contribution < -0.4 is 15.4 Å². The van der Waals surface area contributed by atoms with Crippen molar-refractivity contribution in [2.75, 3.05) is 24.8 Å². The van der Waals surface area contributed by atoms with Crippen LogP contribution in [0.5, 0.6) is 5.75 Å². The van der Waals surface area contributed by atoms with Gasteiger partial charge in [0.2, 0.25) is 17.2 Å². The molecule has 1 heterocycles. The average Bonchev–Trinajstić information content (AvgIpc) is 2.46. The summed E-state index contributed by atoms with van der Waals surface area (Å²) in [6.07, 6.45) is 0. The first-order chi connectivity index (χ1) is 9.67. The number of hydrogen-bond acceptors (Lipinski definition) is 7. The first-order valence-corrected chi connectivity index (χ1v) is 5.99. The fraction of sp³-hybridized carbons (Fsp3) is 0.167. The van der Waals surface area contributed by atoms with Crippen LogP contribution in [0.2, 0.25) is 5.28 Å². The third-order valence-electron chi connectivity index (χ3n) is 2.44. The molecular formula is C12H11ClN6O. The van der Waals surface area contributed by atoms with E-state index in [9.17, 15) is 0 Å². The number of halogens is 1. The highest BCUT2D eigenvalue weighted by atomic mass is 35.5. The third kappa shape index (κ3) is 2.87. The first kappa shape index (κ1) is 13.8. The van der Waals surface area contributed by atoms with E-state index in [1.165, 1.54) is 7.11 Å². The molecule has 0 unspecified atom stereocenters. The second-order valence-electron chi connectivity index (χ2n) is 3.62. The fourth-order valence-corrected chi connectivity index (χ4v) is 1.71. The van der Waals surface area contributed by atoms with E-state index >= 15 is 0 Å². The molecule has 20 heavy (non-hydrogen) atoms. The lowest BCUT2D eigenvalue weighted by Crippen LogP contribution is -2.05. The largest absolute Gasteiger partial charge is 0.495 e. The number of rotatable bonds is 4. The van der Waals surface area contributed by atoms with Gasteiger partial charge in [0.1, 0.15) is 17.5 Å². The maximum absolute atomic E-state index is 9.13. The number of benzene rings is 1. The molecule has 2 N–H and O–H groups in total. The number of nitrogens with one attached hydrogen (secondary N) is 2. The molecule has 0 spiro atoms. The third-order valence-corrected chi connectivity index (χ3v) is 2.60. The van der Waals surface area contributed by atoms with Crippen LogP contribution in [0.25, 0.3) is 0 Å². The van der Waals surface area contributed by atoms with Crippen molar-refractivity contribution in [2.24, 2.45) is 0 Å². The molecule has 0 aliphatic carbocycles. The second kappa shape index (κ2) is 6.04. The van der Waals surface area contributed by atoms with Crippen molar-refractivity contribution in [1.29, 1.82) is 5.26 Å². The molecule has 1 aromatic heterocycles. The summed E-state index contributed by atoms with van der Waals surface area (Å²) in [5, 5.41) is 14.9. The molecule has 0 saturated carbocycles. The molecule has 0 radical (unpaired) electrons. The minimum absolute atomic E-state index is 0.0419. The summed E-state index contributed by atoms with van der Waals surface area (Å²) in [6.45, 7) is 0. The molecule has 0 bridgehead atoms. The molecule has 2 rings (SSSR count). The van der Waals surface area contributed by atoms with Gasteiger partial charge in [-0.15, -0.1) is 0 Å². The number of para-hydroxylation sites is 1. The van der Waals surface area contributed by atoms with Crippen molar-refractivity contribution < 1.29 is 4.74 Å². The van der Waals surface area contributed by atoms with E-state index in [-0.39, 0.29) is 11.2 Å². The SMILES string of the molecule is CNc1nc(Cl)nc(Nc2c(C#N)cccc2OC)n1. The van der Waals surface area contributed by atoms with Crippen LogP contribution >= 0.6 is 11.6 Å². The van der Waals surface area contributed by atoms with Crippen molar-refractivity contribution in [3.63, 3.8) is 0 Å². The molecule has 0 aliphatic rings. The van der Waals surface area contributed by atoms with Crippen LogP contribution in [0.4, 0.5) is 17.6 Å². The molecule has 0 fully saturated rings. The lowest BCUT2D eigenvalue weighted by molar-refractivity contribution is 0.416. The number of hydrogen-bond donors (Lipinski definition) is 2. The van der Waals surface area contributed by atoms with Gasteiger partial charge >= 0.3 is 0 Å². The van der Waals surface area contributed by atoms with Gasteiger partial charge in [0, 0.05) is 7.05 Å². The molecule has 0 amide bonds. The highest BCUT2D eigenvalue weighted by Crippen LogP contribution is 2.30. The average molecular weight is 291 g/mol. The van der Waals surface area contributed by atoms with Crippen LogP contribution in [0.3, 0.4) is 0 Å². The second-order valence-corrected chi connectivity index (χ2v) is 3.96. The highest BCUT2D eigenvalue weighted by molar-refractivity contribution is 6.28. The zero-order chi connectivity index (χ0) is 14.5. The predicted octanol–water partition coefficient (Wildman–Crippen LogP) is 2.19. The van der Waals surface area contributed by atoms with E-state index < -0.39 is 0 Å². The summed E-state index contributed by atoms with van der Waals surface area (Å²) >= 11 is 5.80. The normalized spacial score (nSPS) is 9.70. The quantitative estimate of drug-likeness (QED) is 0.891. The van der Waals surface area contributed by atoms with Crippen molar-refractivity contribution in [2.45, 2.75) is 0 Å². The van der Waals surface area contributed by atoms with Gasteiger partial charge in [-0.05, 0) is 23.7 Å². The monoisotopic (exact) mass is 290 g/mol. The molecule has 7 nitrogen and oxygen atoms in total.